The number of halogens is 1. The van der Waals surface area contributed by atoms with Gasteiger partial charge in [-0.1, -0.05) is 18.2 Å². The summed E-state index contributed by atoms with van der Waals surface area (Å²) in [6.07, 6.45) is 1.72. The average Bonchev–Trinajstić information content (AvgIpc) is 2.40. The maximum absolute atomic E-state index is 12.9. The van der Waals surface area contributed by atoms with Crippen LogP contribution in [0.2, 0.25) is 0 Å². The normalized spacial score (nSPS) is 10.8. The van der Waals surface area contributed by atoms with E-state index in [0.29, 0.717) is 0 Å². The van der Waals surface area contributed by atoms with Crippen LogP contribution < -0.4 is 0 Å². The number of rotatable bonds is 3. The highest BCUT2D eigenvalue weighted by Gasteiger charge is 2.05. The fourth-order valence-corrected chi connectivity index (χ4v) is 1.75. The Labute approximate surface area is 106 Å². The van der Waals surface area contributed by atoms with E-state index in [-0.39, 0.29) is 5.82 Å². The van der Waals surface area contributed by atoms with Crippen LogP contribution in [0.1, 0.15) is 6.92 Å². The largest absolute Gasteiger partial charge is 0.264 e. The van der Waals surface area contributed by atoms with Gasteiger partial charge in [-0.2, -0.15) is 0 Å². The maximum Gasteiger partial charge on any atom is 0.123 e. The minimum Gasteiger partial charge on any atom is -0.264 e. The quantitative estimate of drug-likeness (QED) is 0.703. The van der Waals surface area contributed by atoms with Crippen LogP contribution in [0.4, 0.5) is 15.8 Å². The minimum atomic E-state index is -0.251. The molecule has 0 N–H and O–H groups in total. The second-order valence-corrected chi connectivity index (χ2v) is 3.75. The molecule has 2 rings (SSSR count). The van der Waals surface area contributed by atoms with Crippen molar-refractivity contribution in [2.75, 3.05) is 0 Å². The molecule has 0 saturated carbocycles. The highest BCUT2D eigenvalue weighted by molar-refractivity contribution is 5.80. The Bertz CT molecular complexity index is 586. The van der Waals surface area contributed by atoms with E-state index in [0.717, 1.165) is 22.5 Å². The van der Waals surface area contributed by atoms with E-state index in [4.69, 9.17) is 0 Å². The van der Waals surface area contributed by atoms with Gasteiger partial charge in [0.05, 0.1) is 11.4 Å². The van der Waals surface area contributed by atoms with E-state index < -0.39 is 0 Å². The first-order valence-electron chi connectivity index (χ1n) is 5.60. The van der Waals surface area contributed by atoms with Gasteiger partial charge in [0.1, 0.15) is 5.82 Å². The van der Waals surface area contributed by atoms with Crippen LogP contribution in [0.5, 0.6) is 0 Å². The highest BCUT2D eigenvalue weighted by Crippen LogP contribution is 2.33. The van der Waals surface area contributed by atoms with E-state index in [9.17, 15) is 4.39 Å². The molecular formula is C15H13FN2. The molecule has 18 heavy (non-hydrogen) atoms. The fourth-order valence-electron chi connectivity index (χ4n) is 1.75. The van der Waals surface area contributed by atoms with Crippen molar-refractivity contribution in [3.63, 3.8) is 0 Å². The molecular weight excluding hydrogens is 227 g/mol. The molecule has 0 saturated heterocycles. The van der Waals surface area contributed by atoms with Gasteiger partial charge in [0.2, 0.25) is 0 Å². The van der Waals surface area contributed by atoms with Gasteiger partial charge in [0.25, 0.3) is 0 Å². The number of hydrogen-bond donors (Lipinski definition) is 0. The van der Waals surface area contributed by atoms with Crippen LogP contribution >= 0.6 is 0 Å². The van der Waals surface area contributed by atoms with Gasteiger partial charge in [-0.15, -0.1) is 0 Å². The first-order valence-corrected chi connectivity index (χ1v) is 5.60. The molecule has 0 aromatic heterocycles. The molecule has 0 aliphatic rings. The molecule has 0 unspecified atom stereocenters. The molecule has 0 spiro atoms. The zero-order valence-electron chi connectivity index (χ0n) is 10.1. The number of nitrogens with zero attached hydrogens (tertiary/aromatic N) is 2. The van der Waals surface area contributed by atoms with Gasteiger partial charge in [0, 0.05) is 11.8 Å². The first-order chi connectivity index (χ1) is 8.74. The lowest BCUT2D eigenvalue weighted by molar-refractivity contribution is 0.628. The van der Waals surface area contributed by atoms with Crippen molar-refractivity contribution in [3.8, 4) is 11.1 Å². The monoisotopic (exact) mass is 240 g/mol. The lowest BCUT2D eigenvalue weighted by atomic mass is 10.0. The van der Waals surface area contributed by atoms with Crippen molar-refractivity contribution in [2.24, 2.45) is 9.98 Å². The molecule has 0 fully saturated rings. The second kappa shape index (κ2) is 5.36. The molecule has 0 heterocycles. The average molecular weight is 240 g/mol. The predicted octanol–water partition coefficient (Wildman–Crippen LogP) is 4.55. The standard InChI is InChI=1S/C15H13FN2/c1-3-18-13-8-9-14(15(10-13)17-2)11-4-6-12(16)7-5-11/h3-10H,2H2,1H3/b18-3-. The summed E-state index contributed by atoms with van der Waals surface area (Å²) in [5.74, 6) is -0.251. The van der Waals surface area contributed by atoms with E-state index in [2.05, 4.69) is 16.7 Å². The van der Waals surface area contributed by atoms with Gasteiger partial charge < -0.3 is 0 Å². The van der Waals surface area contributed by atoms with Crippen LogP contribution in [0.15, 0.2) is 52.4 Å². The summed E-state index contributed by atoms with van der Waals surface area (Å²) in [5.41, 5.74) is 3.39. The van der Waals surface area contributed by atoms with Crippen LogP contribution in [0, 0.1) is 5.82 Å². The van der Waals surface area contributed by atoms with Crippen molar-refractivity contribution < 1.29 is 4.39 Å². The Balaban J connectivity index is 2.50. The molecule has 0 atom stereocenters. The maximum atomic E-state index is 12.9. The van der Waals surface area contributed by atoms with Crippen molar-refractivity contribution in [3.05, 3.63) is 48.3 Å². The summed E-state index contributed by atoms with van der Waals surface area (Å²) in [6.45, 7) is 5.42. The Hall–Kier alpha value is -2.29. The summed E-state index contributed by atoms with van der Waals surface area (Å²) in [6, 6.07) is 12.0. The van der Waals surface area contributed by atoms with Crippen molar-refractivity contribution >= 4 is 24.3 Å². The van der Waals surface area contributed by atoms with E-state index in [1.807, 2.05) is 25.1 Å². The lowest BCUT2D eigenvalue weighted by Gasteiger charge is -2.06. The van der Waals surface area contributed by atoms with Crippen molar-refractivity contribution in [1.29, 1.82) is 0 Å². The van der Waals surface area contributed by atoms with E-state index in [1.165, 1.54) is 12.1 Å². The summed E-state index contributed by atoms with van der Waals surface area (Å²) in [7, 11) is 0. The molecule has 90 valence electrons. The highest BCUT2D eigenvalue weighted by atomic mass is 19.1. The molecule has 0 bridgehead atoms. The third kappa shape index (κ3) is 2.51. The molecule has 3 heteroatoms. The fraction of sp³-hybridized carbons (Fsp3) is 0.0667. The summed E-state index contributed by atoms with van der Waals surface area (Å²) in [4.78, 5) is 8.19. The molecule has 0 aliphatic heterocycles. The minimum absolute atomic E-state index is 0.251. The van der Waals surface area contributed by atoms with Gasteiger partial charge in [-0.25, -0.2) is 4.39 Å². The lowest BCUT2D eigenvalue weighted by Crippen LogP contribution is -1.80. The topological polar surface area (TPSA) is 24.7 Å². The van der Waals surface area contributed by atoms with Crippen LogP contribution in [-0.4, -0.2) is 12.9 Å². The zero-order chi connectivity index (χ0) is 13.0. The molecule has 2 aromatic carbocycles. The summed E-state index contributed by atoms with van der Waals surface area (Å²) >= 11 is 0. The van der Waals surface area contributed by atoms with Crippen molar-refractivity contribution in [2.45, 2.75) is 6.92 Å². The Morgan fingerprint density at radius 1 is 1.11 bits per heavy atom. The number of aliphatic imine (C=N–C) groups is 2. The zero-order valence-corrected chi connectivity index (χ0v) is 10.1. The first kappa shape index (κ1) is 12.2. The molecule has 0 amide bonds. The Morgan fingerprint density at radius 3 is 2.44 bits per heavy atom. The molecule has 0 radical (unpaired) electrons. The molecule has 2 aromatic rings. The van der Waals surface area contributed by atoms with E-state index in [1.54, 1.807) is 18.3 Å². The number of benzene rings is 2. The molecule has 0 aliphatic carbocycles. The Morgan fingerprint density at radius 2 is 1.83 bits per heavy atom. The van der Waals surface area contributed by atoms with E-state index >= 15 is 0 Å². The third-order valence-corrected chi connectivity index (χ3v) is 2.59. The summed E-state index contributed by atoms with van der Waals surface area (Å²) < 4.78 is 12.9. The smallest absolute Gasteiger partial charge is 0.123 e. The summed E-state index contributed by atoms with van der Waals surface area (Å²) in [5, 5.41) is 0. The third-order valence-electron chi connectivity index (χ3n) is 2.59. The van der Waals surface area contributed by atoms with Gasteiger partial charge >= 0.3 is 0 Å². The second-order valence-electron chi connectivity index (χ2n) is 3.75. The van der Waals surface area contributed by atoms with Crippen LogP contribution in [0.25, 0.3) is 11.1 Å². The van der Waals surface area contributed by atoms with Gasteiger partial charge in [0.15, 0.2) is 0 Å². The number of hydrogen-bond acceptors (Lipinski definition) is 2. The SMILES string of the molecule is C=Nc1cc(/N=C\C)ccc1-c1ccc(F)cc1. The van der Waals surface area contributed by atoms with Crippen LogP contribution in [0.3, 0.4) is 0 Å². The van der Waals surface area contributed by atoms with Gasteiger partial charge in [-0.3, -0.25) is 9.98 Å². The molecule has 2 nitrogen and oxygen atoms in total. The van der Waals surface area contributed by atoms with Gasteiger partial charge in [-0.05, 0) is 43.5 Å². The predicted molar refractivity (Wildman–Crippen MR) is 74.9 cm³/mol. The Kier molecular flexibility index (Phi) is 3.63. The van der Waals surface area contributed by atoms with Crippen molar-refractivity contribution in [1.82, 2.24) is 0 Å². The van der Waals surface area contributed by atoms with Crippen LogP contribution in [-0.2, 0) is 0 Å².